The van der Waals surface area contributed by atoms with Gasteiger partial charge in [0.25, 0.3) is 5.56 Å². The highest BCUT2D eigenvalue weighted by Crippen LogP contribution is 2.12. The lowest BCUT2D eigenvalue weighted by atomic mass is 10.2. The topological polar surface area (TPSA) is 81.4 Å². The molecule has 0 N–H and O–H groups in total. The molecule has 8 heteroatoms. The summed E-state index contributed by atoms with van der Waals surface area (Å²) in [4.78, 5) is 23.3. The molecule has 0 fully saturated rings. The zero-order valence-corrected chi connectivity index (χ0v) is 13.4. The predicted octanol–water partition coefficient (Wildman–Crippen LogP) is -0.0953. The third-order valence-electron chi connectivity index (χ3n) is 3.35. The molecule has 0 bridgehead atoms. The van der Waals surface area contributed by atoms with Gasteiger partial charge in [-0.05, 0) is 5.56 Å². The van der Waals surface area contributed by atoms with Gasteiger partial charge in [-0.25, -0.2) is 13.2 Å². The van der Waals surface area contributed by atoms with E-state index in [9.17, 15) is 18.0 Å². The summed E-state index contributed by atoms with van der Waals surface area (Å²) in [6.45, 7) is 0.134. The molecule has 1 aromatic carbocycles. The molecule has 0 unspecified atom stereocenters. The first-order valence-electron chi connectivity index (χ1n) is 6.52. The number of hydrogen-bond acceptors (Lipinski definition) is 4. The van der Waals surface area contributed by atoms with Crippen LogP contribution in [0.2, 0.25) is 0 Å². The minimum atomic E-state index is -3.99. The summed E-state index contributed by atoms with van der Waals surface area (Å²) in [6.07, 6.45) is 1.06. The number of aryl methyl sites for hydroxylation is 1. The summed E-state index contributed by atoms with van der Waals surface area (Å²) >= 11 is 0. The van der Waals surface area contributed by atoms with E-state index in [1.165, 1.54) is 21.1 Å². The Kier molecular flexibility index (Phi) is 4.34. The van der Waals surface area contributed by atoms with Crippen molar-refractivity contribution in [2.75, 3.05) is 7.05 Å². The van der Waals surface area contributed by atoms with Gasteiger partial charge in [-0.2, -0.15) is 4.31 Å². The highest BCUT2D eigenvalue weighted by atomic mass is 32.2. The summed E-state index contributed by atoms with van der Waals surface area (Å²) in [5, 5.41) is 0. The Morgan fingerprint density at radius 2 is 1.68 bits per heavy atom. The standard InChI is InChI=1S/C14H17N3O4S/c1-15-10-12(13(18)17(3)14(15)19)22(20,21)16(2)9-11-7-5-4-6-8-11/h4-8,10H,9H2,1-3H3. The van der Waals surface area contributed by atoms with E-state index in [1.807, 2.05) is 6.07 Å². The Morgan fingerprint density at radius 1 is 1.09 bits per heavy atom. The molecule has 0 saturated heterocycles. The van der Waals surface area contributed by atoms with E-state index in [4.69, 9.17) is 0 Å². The monoisotopic (exact) mass is 323 g/mol. The van der Waals surface area contributed by atoms with E-state index < -0.39 is 26.2 Å². The quantitative estimate of drug-likeness (QED) is 0.787. The second-order valence-corrected chi connectivity index (χ2v) is 7.01. The van der Waals surface area contributed by atoms with E-state index in [2.05, 4.69) is 0 Å². The SMILES string of the molecule is CN(Cc1ccccc1)S(=O)(=O)c1cn(C)c(=O)n(C)c1=O. The lowest BCUT2D eigenvalue weighted by Gasteiger charge is -2.17. The highest BCUT2D eigenvalue weighted by Gasteiger charge is 2.26. The first-order valence-corrected chi connectivity index (χ1v) is 7.96. The molecule has 0 aliphatic rings. The molecule has 0 aliphatic heterocycles. The van der Waals surface area contributed by atoms with Crippen LogP contribution in [0.4, 0.5) is 0 Å². The van der Waals surface area contributed by atoms with Gasteiger partial charge in [-0.15, -0.1) is 0 Å². The fourth-order valence-corrected chi connectivity index (χ4v) is 3.35. The molecule has 22 heavy (non-hydrogen) atoms. The number of nitrogens with zero attached hydrogens (tertiary/aromatic N) is 3. The van der Waals surface area contributed by atoms with Gasteiger partial charge in [0.05, 0.1) is 0 Å². The largest absolute Gasteiger partial charge is 0.330 e. The lowest BCUT2D eigenvalue weighted by molar-refractivity contribution is 0.462. The normalized spacial score (nSPS) is 11.8. The van der Waals surface area contributed by atoms with Crippen LogP contribution in [0, 0.1) is 0 Å². The Bertz CT molecular complexity index is 898. The van der Waals surface area contributed by atoms with Crippen LogP contribution in [-0.2, 0) is 30.7 Å². The second kappa shape index (κ2) is 5.90. The van der Waals surface area contributed by atoms with Gasteiger partial charge in [0.15, 0.2) is 4.90 Å². The molecule has 118 valence electrons. The number of hydrogen-bond donors (Lipinski definition) is 0. The molecule has 7 nitrogen and oxygen atoms in total. The van der Waals surface area contributed by atoms with Crippen LogP contribution < -0.4 is 11.2 Å². The third kappa shape index (κ3) is 2.88. The van der Waals surface area contributed by atoms with Gasteiger partial charge in [0, 0.05) is 33.9 Å². The fourth-order valence-electron chi connectivity index (χ4n) is 2.05. The van der Waals surface area contributed by atoms with Crippen molar-refractivity contribution in [2.45, 2.75) is 11.4 Å². The average Bonchev–Trinajstić information content (AvgIpc) is 2.49. The number of sulfonamides is 1. The molecular weight excluding hydrogens is 306 g/mol. The van der Waals surface area contributed by atoms with Crippen molar-refractivity contribution in [2.24, 2.45) is 14.1 Å². The van der Waals surface area contributed by atoms with Crippen molar-refractivity contribution in [3.63, 3.8) is 0 Å². The summed E-state index contributed by atoms with van der Waals surface area (Å²) in [7, 11) is 0.0580. The smallest absolute Gasteiger partial charge is 0.302 e. The van der Waals surface area contributed by atoms with Crippen molar-refractivity contribution in [3.8, 4) is 0 Å². The molecular formula is C14H17N3O4S. The van der Waals surface area contributed by atoms with Crippen molar-refractivity contribution in [1.82, 2.24) is 13.4 Å². The van der Waals surface area contributed by atoms with Crippen LogP contribution in [0.15, 0.2) is 51.0 Å². The molecule has 0 saturated carbocycles. The summed E-state index contributed by atoms with van der Waals surface area (Å²) < 4.78 is 28.1. The Morgan fingerprint density at radius 3 is 2.27 bits per heavy atom. The summed E-state index contributed by atoms with van der Waals surface area (Å²) in [6, 6.07) is 9.04. The van der Waals surface area contributed by atoms with Crippen LogP contribution in [-0.4, -0.2) is 28.9 Å². The van der Waals surface area contributed by atoms with Gasteiger partial charge in [-0.1, -0.05) is 30.3 Å². The minimum absolute atomic E-state index is 0.134. The molecule has 2 rings (SSSR count). The number of rotatable bonds is 4. The summed E-state index contributed by atoms with van der Waals surface area (Å²) in [5.41, 5.74) is -0.604. The van der Waals surface area contributed by atoms with E-state index in [-0.39, 0.29) is 6.54 Å². The van der Waals surface area contributed by atoms with E-state index in [0.29, 0.717) is 0 Å². The molecule has 0 radical (unpaired) electrons. The minimum Gasteiger partial charge on any atom is -0.302 e. The zero-order chi connectivity index (χ0) is 16.5. The maximum absolute atomic E-state index is 12.6. The fraction of sp³-hybridized carbons (Fsp3) is 0.286. The van der Waals surface area contributed by atoms with Gasteiger partial charge >= 0.3 is 5.69 Å². The molecule has 0 atom stereocenters. The van der Waals surface area contributed by atoms with Crippen molar-refractivity contribution >= 4 is 10.0 Å². The maximum Gasteiger partial charge on any atom is 0.330 e. The molecule has 0 amide bonds. The molecule has 0 spiro atoms. The molecule has 0 aliphatic carbocycles. The number of benzene rings is 1. The molecule has 2 aromatic rings. The maximum atomic E-state index is 12.6. The van der Waals surface area contributed by atoms with Crippen molar-refractivity contribution in [3.05, 3.63) is 62.9 Å². The predicted molar refractivity (Wildman–Crippen MR) is 82.0 cm³/mol. The van der Waals surface area contributed by atoms with Gasteiger partial charge in [-0.3, -0.25) is 9.36 Å². The lowest BCUT2D eigenvalue weighted by Crippen LogP contribution is -2.41. The Balaban J connectivity index is 2.47. The van der Waals surface area contributed by atoms with Gasteiger partial charge in [0.2, 0.25) is 10.0 Å². The van der Waals surface area contributed by atoms with E-state index >= 15 is 0 Å². The van der Waals surface area contributed by atoms with E-state index in [0.717, 1.165) is 25.2 Å². The Labute approximate surface area is 128 Å². The molecule has 1 heterocycles. The zero-order valence-electron chi connectivity index (χ0n) is 12.6. The summed E-state index contributed by atoms with van der Waals surface area (Å²) in [5.74, 6) is 0. The van der Waals surface area contributed by atoms with Crippen LogP contribution >= 0.6 is 0 Å². The van der Waals surface area contributed by atoms with Crippen LogP contribution in [0.3, 0.4) is 0 Å². The van der Waals surface area contributed by atoms with Gasteiger partial charge < -0.3 is 4.57 Å². The third-order valence-corrected chi connectivity index (χ3v) is 5.14. The van der Waals surface area contributed by atoms with Crippen LogP contribution in [0.25, 0.3) is 0 Å². The first kappa shape index (κ1) is 16.2. The molecule has 1 aromatic heterocycles. The van der Waals surface area contributed by atoms with Crippen molar-refractivity contribution < 1.29 is 8.42 Å². The van der Waals surface area contributed by atoms with Crippen LogP contribution in [0.5, 0.6) is 0 Å². The second-order valence-electron chi connectivity index (χ2n) is 5.00. The average molecular weight is 323 g/mol. The van der Waals surface area contributed by atoms with Crippen molar-refractivity contribution in [1.29, 1.82) is 0 Å². The first-order chi connectivity index (χ1) is 10.2. The highest BCUT2D eigenvalue weighted by molar-refractivity contribution is 7.89. The van der Waals surface area contributed by atoms with Crippen LogP contribution in [0.1, 0.15) is 5.56 Å². The number of aromatic nitrogens is 2. The van der Waals surface area contributed by atoms with E-state index in [1.54, 1.807) is 24.3 Å². The Hall–Kier alpha value is -2.19. The van der Waals surface area contributed by atoms with Gasteiger partial charge in [0.1, 0.15) is 0 Å².